The zero-order valence-corrected chi connectivity index (χ0v) is 21.5. The van der Waals surface area contributed by atoms with Crippen LogP contribution in [0.15, 0.2) is 53.5 Å². The van der Waals surface area contributed by atoms with Crippen molar-refractivity contribution in [3.63, 3.8) is 0 Å². The lowest BCUT2D eigenvalue weighted by Gasteiger charge is -2.28. The Kier molecular flexibility index (Phi) is 7.16. The first kappa shape index (κ1) is 24.9. The molecule has 0 unspecified atom stereocenters. The quantitative estimate of drug-likeness (QED) is 0.404. The van der Waals surface area contributed by atoms with Crippen LogP contribution in [-0.4, -0.2) is 63.0 Å². The summed E-state index contributed by atoms with van der Waals surface area (Å²) in [5.41, 5.74) is 3.58. The average molecular weight is 518 g/mol. The maximum absolute atomic E-state index is 13.9. The van der Waals surface area contributed by atoms with Gasteiger partial charge in [-0.15, -0.1) is 0 Å². The van der Waals surface area contributed by atoms with Crippen molar-refractivity contribution in [2.24, 2.45) is 0 Å². The molecule has 2 N–H and O–H groups in total. The largest absolute Gasteiger partial charge is 0.354 e. The number of fused-ring (bicyclic) bond motifs is 1. The average Bonchev–Trinajstić information content (AvgIpc) is 2.91. The number of rotatable bonds is 6. The Bertz CT molecular complexity index is 1530. The van der Waals surface area contributed by atoms with Crippen molar-refractivity contribution in [3.05, 3.63) is 69.7 Å². The highest BCUT2D eigenvalue weighted by Crippen LogP contribution is 2.31. The standard InChI is InChI=1S/C27H28ClN7O2/c1-3-30-27-31-15-19-13-21(20-8-7-18(14-22(20)28)23-6-4-5-17(2)32-23)26(37)35(25(19)33-27)16-24(36)34-11-9-29-10-12-34/h4-8,13-15,29H,3,9-12,16H2,1-2H3,(H,30,31,33). The van der Waals surface area contributed by atoms with Gasteiger partial charge in [0, 0.05) is 71.7 Å². The molecule has 0 atom stereocenters. The summed E-state index contributed by atoms with van der Waals surface area (Å²) in [4.78, 5) is 42.3. The fourth-order valence-corrected chi connectivity index (χ4v) is 4.77. The first-order valence-electron chi connectivity index (χ1n) is 12.3. The Balaban J connectivity index is 1.61. The predicted molar refractivity (Wildman–Crippen MR) is 146 cm³/mol. The second kappa shape index (κ2) is 10.7. The molecule has 1 aliphatic rings. The van der Waals surface area contributed by atoms with Crippen LogP contribution in [-0.2, 0) is 11.3 Å². The number of amides is 1. The molecule has 1 fully saturated rings. The summed E-state index contributed by atoms with van der Waals surface area (Å²) in [6.45, 7) is 7.04. The highest BCUT2D eigenvalue weighted by Gasteiger charge is 2.21. The van der Waals surface area contributed by atoms with E-state index in [0.29, 0.717) is 52.8 Å². The Morgan fingerprint density at radius 3 is 2.65 bits per heavy atom. The number of halogens is 1. The monoisotopic (exact) mass is 517 g/mol. The first-order valence-corrected chi connectivity index (χ1v) is 12.7. The molecule has 1 aliphatic heterocycles. The van der Waals surface area contributed by atoms with Gasteiger partial charge < -0.3 is 15.5 Å². The SMILES string of the molecule is CCNc1ncc2cc(-c3ccc(-c4cccc(C)n4)cc3Cl)c(=O)n(CC(=O)N3CCNCC3)c2n1. The van der Waals surface area contributed by atoms with Crippen molar-refractivity contribution in [3.8, 4) is 22.4 Å². The highest BCUT2D eigenvalue weighted by atomic mass is 35.5. The van der Waals surface area contributed by atoms with E-state index in [1.165, 1.54) is 4.57 Å². The van der Waals surface area contributed by atoms with Gasteiger partial charge in [0.05, 0.1) is 5.69 Å². The van der Waals surface area contributed by atoms with E-state index in [1.807, 2.05) is 50.2 Å². The molecule has 4 aromatic rings. The van der Waals surface area contributed by atoms with Crippen LogP contribution < -0.4 is 16.2 Å². The van der Waals surface area contributed by atoms with Gasteiger partial charge in [-0.2, -0.15) is 4.98 Å². The number of hydrogen-bond donors (Lipinski definition) is 2. The van der Waals surface area contributed by atoms with E-state index in [4.69, 9.17) is 11.6 Å². The van der Waals surface area contributed by atoms with Gasteiger partial charge in [0.2, 0.25) is 11.9 Å². The van der Waals surface area contributed by atoms with Crippen LogP contribution in [0.2, 0.25) is 5.02 Å². The molecule has 1 aromatic carbocycles. The number of carbonyl (C=O) groups is 1. The lowest BCUT2D eigenvalue weighted by molar-refractivity contribution is -0.132. The summed E-state index contributed by atoms with van der Waals surface area (Å²) < 4.78 is 1.43. The molecular weight excluding hydrogens is 490 g/mol. The smallest absolute Gasteiger partial charge is 0.260 e. The van der Waals surface area contributed by atoms with Crippen molar-refractivity contribution >= 4 is 34.5 Å². The minimum atomic E-state index is -0.333. The van der Waals surface area contributed by atoms with Crippen LogP contribution in [0, 0.1) is 6.92 Å². The van der Waals surface area contributed by atoms with Gasteiger partial charge in [-0.05, 0) is 38.1 Å². The van der Waals surface area contributed by atoms with Gasteiger partial charge in [0.15, 0.2) is 0 Å². The van der Waals surface area contributed by atoms with Crippen molar-refractivity contribution in [1.82, 2.24) is 29.7 Å². The predicted octanol–water partition coefficient (Wildman–Crippen LogP) is 3.35. The van der Waals surface area contributed by atoms with Gasteiger partial charge in [-0.1, -0.05) is 29.8 Å². The molecular formula is C27H28ClN7O2. The number of hydrogen-bond acceptors (Lipinski definition) is 7. The number of benzene rings is 1. The summed E-state index contributed by atoms with van der Waals surface area (Å²) in [5, 5.41) is 7.38. The van der Waals surface area contributed by atoms with E-state index in [0.717, 1.165) is 30.0 Å². The van der Waals surface area contributed by atoms with E-state index in [9.17, 15) is 9.59 Å². The molecule has 0 aliphatic carbocycles. The zero-order chi connectivity index (χ0) is 25.9. The molecule has 1 saturated heterocycles. The topological polar surface area (TPSA) is 105 Å². The summed E-state index contributed by atoms with van der Waals surface area (Å²) in [7, 11) is 0. The number of nitrogens with zero attached hydrogens (tertiary/aromatic N) is 5. The number of aromatic nitrogens is 4. The highest BCUT2D eigenvalue weighted by molar-refractivity contribution is 6.33. The third-order valence-corrected chi connectivity index (χ3v) is 6.68. The molecule has 4 heterocycles. The molecule has 0 radical (unpaired) electrons. The number of pyridine rings is 2. The minimum Gasteiger partial charge on any atom is -0.354 e. The molecule has 0 saturated carbocycles. The van der Waals surface area contributed by atoms with Crippen LogP contribution in [0.25, 0.3) is 33.4 Å². The Morgan fingerprint density at radius 1 is 1.11 bits per heavy atom. The second-order valence-corrected chi connectivity index (χ2v) is 9.35. The van der Waals surface area contributed by atoms with Crippen molar-refractivity contribution in [2.45, 2.75) is 20.4 Å². The van der Waals surface area contributed by atoms with Crippen molar-refractivity contribution in [1.29, 1.82) is 0 Å². The van der Waals surface area contributed by atoms with E-state index in [-0.39, 0.29) is 18.0 Å². The van der Waals surface area contributed by atoms with Crippen LogP contribution in [0.1, 0.15) is 12.6 Å². The number of carbonyl (C=O) groups excluding carboxylic acids is 1. The van der Waals surface area contributed by atoms with Crippen LogP contribution in [0.3, 0.4) is 0 Å². The van der Waals surface area contributed by atoms with E-state index in [2.05, 4.69) is 25.6 Å². The van der Waals surface area contributed by atoms with Gasteiger partial charge in [-0.25, -0.2) is 4.98 Å². The summed E-state index contributed by atoms with van der Waals surface area (Å²) >= 11 is 6.72. The van der Waals surface area contributed by atoms with Crippen LogP contribution >= 0.6 is 11.6 Å². The van der Waals surface area contributed by atoms with Gasteiger partial charge >= 0.3 is 0 Å². The first-order chi connectivity index (χ1) is 17.9. The molecule has 0 spiro atoms. The van der Waals surface area contributed by atoms with Gasteiger partial charge in [0.1, 0.15) is 12.2 Å². The molecule has 5 rings (SSSR count). The van der Waals surface area contributed by atoms with E-state index < -0.39 is 0 Å². The van der Waals surface area contributed by atoms with E-state index in [1.54, 1.807) is 17.2 Å². The molecule has 0 bridgehead atoms. The van der Waals surface area contributed by atoms with Crippen molar-refractivity contribution < 1.29 is 4.79 Å². The number of aryl methyl sites for hydroxylation is 1. The summed E-state index contributed by atoms with van der Waals surface area (Å²) in [6.07, 6.45) is 1.66. The maximum atomic E-state index is 13.9. The molecule has 37 heavy (non-hydrogen) atoms. The lowest BCUT2D eigenvalue weighted by atomic mass is 10.0. The third-order valence-electron chi connectivity index (χ3n) is 6.37. The number of piperazine rings is 1. The Labute approximate surface area is 219 Å². The van der Waals surface area contributed by atoms with Crippen molar-refractivity contribution in [2.75, 3.05) is 38.0 Å². The fourth-order valence-electron chi connectivity index (χ4n) is 4.49. The fraction of sp³-hybridized carbons (Fsp3) is 0.296. The molecule has 9 nitrogen and oxygen atoms in total. The van der Waals surface area contributed by atoms with Crippen LogP contribution in [0.4, 0.5) is 5.95 Å². The minimum absolute atomic E-state index is 0.116. The lowest BCUT2D eigenvalue weighted by Crippen LogP contribution is -2.48. The maximum Gasteiger partial charge on any atom is 0.260 e. The Hall–Kier alpha value is -3.82. The molecule has 190 valence electrons. The molecule has 10 heteroatoms. The second-order valence-electron chi connectivity index (χ2n) is 8.94. The summed E-state index contributed by atoms with van der Waals surface area (Å²) in [6, 6.07) is 13.1. The zero-order valence-electron chi connectivity index (χ0n) is 20.8. The van der Waals surface area contributed by atoms with Crippen LogP contribution in [0.5, 0.6) is 0 Å². The normalized spacial score (nSPS) is 13.6. The van der Waals surface area contributed by atoms with Gasteiger partial charge in [-0.3, -0.25) is 19.1 Å². The Morgan fingerprint density at radius 2 is 1.92 bits per heavy atom. The van der Waals surface area contributed by atoms with Gasteiger partial charge in [0.25, 0.3) is 5.56 Å². The molecule has 1 amide bonds. The third kappa shape index (κ3) is 5.19. The molecule has 3 aromatic heterocycles. The number of anilines is 1. The number of nitrogens with one attached hydrogen (secondary N) is 2. The van der Waals surface area contributed by atoms with E-state index >= 15 is 0 Å². The summed E-state index contributed by atoms with van der Waals surface area (Å²) in [5.74, 6) is 0.274.